The molecule has 0 aromatic rings. The molecule has 0 spiro atoms. The van der Waals surface area contributed by atoms with E-state index in [4.69, 9.17) is 4.74 Å². The van der Waals surface area contributed by atoms with Gasteiger partial charge in [-0.05, 0) is 6.42 Å². The van der Waals surface area contributed by atoms with Crippen molar-refractivity contribution in [2.45, 2.75) is 76.6 Å². The van der Waals surface area contributed by atoms with E-state index in [1.165, 1.54) is 32.8 Å². The number of esters is 2. The van der Waals surface area contributed by atoms with E-state index < -0.39 is 30.3 Å². The number of methoxy groups -OCH3 is 2. The minimum Gasteiger partial charge on any atom is -0.467 e. The molecule has 24 heavy (non-hydrogen) atoms. The van der Waals surface area contributed by atoms with Crippen molar-refractivity contribution in [3.63, 3.8) is 0 Å². The highest BCUT2D eigenvalue weighted by molar-refractivity contribution is 5.85. The van der Waals surface area contributed by atoms with Crippen LogP contribution in [0.3, 0.4) is 0 Å². The first kappa shape index (κ1) is 22.6. The highest BCUT2D eigenvalue weighted by atomic mass is 16.6. The maximum absolute atomic E-state index is 11.8. The Morgan fingerprint density at radius 1 is 1.00 bits per heavy atom. The van der Waals surface area contributed by atoms with Gasteiger partial charge in [0.2, 0.25) is 0 Å². The summed E-state index contributed by atoms with van der Waals surface area (Å²) in [5.74, 6) is -1.76. The molecule has 0 aromatic heterocycles. The van der Waals surface area contributed by atoms with Crippen molar-refractivity contribution in [2.75, 3.05) is 14.2 Å². The van der Waals surface area contributed by atoms with E-state index in [9.17, 15) is 14.7 Å². The van der Waals surface area contributed by atoms with Crippen molar-refractivity contribution in [3.05, 3.63) is 12.7 Å². The Morgan fingerprint density at radius 2 is 1.54 bits per heavy atom. The van der Waals surface area contributed by atoms with Crippen LogP contribution >= 0.6 is 0 Å². The summed E-state index contributed by atoms with van der Waals surface area (Å²) < 4.78 is 14.6. The molecule has 0 aliphatic carbocycles. The van der Waals surface area contributed by atoms with Crippen LogP contribution in [0.2, 0.25) is 0 Å². The van der Waals surface area contributed by atoms with Gasteiger partial charge in [-0.3, -0.25) is 0 Å². The number of carbonyl (C=O) groups excluding carboxylic acids is 2. The molecule has 0 rings (SSSR count). The van der Waals surface area contributed by atoms with Crippen LogP contribution in [0.15, 0.2) is 12.7 Å². The molecular formula is C18H32O6. The third kappa shape index (κ3) is 9.03. The summed E-state index contributed by atoms with van der Waals surface area (Å²) in [5.41, 5.74) is 0. The third-order valence-electron chi connectivity index (χ3n) is 3.84. The topological polar surface area (TPSA) is 82.1 Å². The molecule has 0 aromatic carbocycles. The van der Waals surface area contributed by atoms with Gasteiger partial charge in [-0.2, -0.15) is 0 Å². The molecule has 0 bridgehead atoms. The van der Waals surface area contributed by atoms with Gasteiger partial charge >= 0.3 is 11.9 Å². The molecule has 0 saturated carbocycles. The summed E-state index contributed by atoms with van der Waals surface area (Å²) in [6, 6.07) is 0. The van der Waals surface area contributed by atoms with Gasteiger partial charge in [0.25, 0.3) is 0 Å². The van der Waals surface area contributed by atoms with Crippen LogP contribution in [0.25, 0.3) is 0 Å². The van der Waals surface area contributed by atoms with E-state index in [2.05, 4.69) is 23.0 Å². The Hall–Kier alpha value is -1.40. The first-order valence-electron chi connectivity index (χ1n) is 8.63. The zero-order chi connectivity index (χ0) is 18.4. The number of hydrogen-bond acceptors (Lipinski definition) is 6. The first-order valence-corrected chi connectivity index (χ1v) is 8.63. The summed E-state index contributed by atoms with van der Waals surface area (Å²) in [6.07, 6.45) is 6.77. The van der Waals surface area contributed by atoms with E-state index in [0.29, 0.717) is 6.42 Å². The molecule has 140 valence electrons. The van der Waals surface area contributed by atoms with Crippen LogP contribution in [0, 0.1) is 0 Å². The van der Waals surface area contributed by atoms with E-state index in [1.807, 2.05) is 0 Å². The molecule has 0 aliphatic heterocycles. The number of aliphatic hydroxyl groups excluding tert-OH is 1. The van der Waals surface area contributed by atoms with Crippen LogP contribution in [0.4, 0.5) is 0 Å². The van der Waals surface area contributed by atoms with Gasteiger partial charge in [-0.25, -0.2) is 9.59 Å². The second-order valence-electron chi connectivity index (χ2n) is 5.73. The van der Waals surface area contributed by atoms with Crippen LogP contribution < -0.4 is 0 Å². The van der Waals surface area contributed by atoms with E-state index in [-0.39, 0.29) is 0 Å². The summed E-state index contributed by atoms with van der Waals surface area (Å²) in [5, 5.41) is 9.88. The van der Waals surface area contributed by atoms with Gasteiger partial charge in [-0.1, -0.05) is 57.9 Å². The predicted molar refractivity (Wildman–Crippen MR) is 91.5 cm³/mol. The molecule has 0 unspecified atom stereocenters. The van der Waals surface area contributed by atoms with Crippen molar-refractivity contribution in [3.8, 4) is 0 Å². The number of aliphatic hydroxyl groups is 1. The van der Waals surface area contributed by atoms with E-state index >= 15 is 0 Å². The average molecular weight is 344 g/mol. The number of carbonyl (C=O) groups is 2. The van der Waals surface area contributed by atoms with Crippen molar-refractivity contribution < 1.29 is 28.9 Å². The van der Waals surface area contributed by atoms with E-state index in [0.717, 1.165) is 26.4 Å². The molecule has 6 heteroatoms. The molecule has 0 fully saturated rings. The maximum atomic E-state index is 11.8. The van der Waals surface area contributed by atoms with Crippen LogP contribution in [0.1, 0.15) is 58.3 Å². The number of unbranched alkanes of at least 4 members (excludes halogenated alkanes) is 6. The SMILES string of the molecule is C=C[C@H](CCCCCCCCC)O[C@@H](C(=O)OC)[C@@H](O)C(=O)OC. The summed E-state index contributed by atoms with van der Waals surface area (Å²) in [6.45, 7) is 5.88. The molecular weight excluding hydrogens is 312 g/mol. The lowest BCUT2D eigenvalue weighted by Gasteiger charge is -2.23. The van der Waals surface area contributed by atoms with Crippen molar-refractivity contribution >= 4 is 11.9 Å². The zero-order valence-corrected chi connectivity index (χ0v) is 15.2. The monoisotopic (exact) mass is 344 g/mol. The van der Waals surface area contributed by atoms with Gasteiger partial charge in [0.05, 0.1) is 20.3 Å². The molecule has 0 heterocycles. The van der Waals surface area contributed by atoms with Gasteiger partial charge < -0.3 is 19.3 Å². The second-order valence-corrected chi connectivity index (χ2v) is 5.73. The molecule has 6 nitrogen and oxygen atoms in total. The Bertz CT molecular complexity index is 369. The van der Waals surface area contributed by atoms with Gasteiger partial charge in [0, 0.05) is 0 Å². The summed E-state index contributed by atoms with van der Waals surface area (Å²) in [7, 11) is 2.30. The second kappa shape index (κ2) is 14.0. The van der Waals surface area contributed by atoms with Gasteiger partial charge in [0.15, 0.2) is 12.2 Å². The summed E-state index contributed by atoms with van der Waals surface area (Å²) in [4.78, 5) is 23.2. The number of hydrogen-bond donors (Lipinski definition) is 1. The Balaban J connectivity index is 4.38. The fraction of sp³-hybridized carbons (Fsp3) is 0.778. The normalized spacial score (nSPS) is 14.5. The highest BCUT2D eigenvalue weighted by Gasteiger charge is 2.36. The number of ether oxygens (including phenoxy) is 3. The Kier molecular flexibility index (Phi) is 13.2. The molecule has 0 amide bonds. The minimum atomic E-state index is -1.72. The van der Waals surface area contributed by atoms with Crippen LogP contribution in [0.5, 0.6) is 0 Å². The third-order valence-corrected chi connectivity index (χ3v) is 3.84. The van der Waals surface area contributed by atoms with Crippen LogP contribution in [-0.2, 0) is 23.8 Å². The Labute approximate surface area is 145 Å². The van der Waals surface area contributed by atoms with Crippen LogP contribution in [-0.4, -0.2) is 49.6 Å². The fourth-order valence-electron chi connectivity index (χ4n) is 2.35. The fourth-order valence-corrected chi connectivity index (χ4v) is 2.35. The minimum absolute atomic E-state index is 0.441. The zero-order valence-electron chi connectivity index (χ0n) is 15.2. The van der Waals surface area contributed by atoms with Crippen molar-refractivity contribution in [1.29, 1.82) is 0 Å². The maximum Gasteiger partial charge on any atom is 0.338 e. The lowest BCUT2D eigenvalue weighted by Crippen LogP contribution is -2.44. The molecule has 1 N–H and O–H groups in total. The lowest BCUT2D eigenvalue weighted by atomic mass is 10.1. The lowest BCUT2D eigenvalue weighted by molar-refractivity contribution is -0.178. The number of rotatable bonds is 14. The standard InChI is InChI=1S/C18H32O6/c1-5-7-8-9-10-11-12-13-14(6-2)24-16(18(21)23-4)15(19)17(20)22-3/h6,14-16,19H,2,5,7-13H2,1,3-4H3/t14-,15-,16-/m1/s1. The molecule has 0 radical (unpaired) electrons. The quantitative estimate of drug-likeness (QED) is 0.296. The largest absolute Gasteiger partial charge is 0.467 e. The average Bonchev–Trinajstić information content (AvgIpc) is 2.61. The molecule has 0 saturated heterocycles. The van der Waals surface area contributed by atoms with Crippen molar-refractivity contribution in [1.82, 2.24) is 0 Å². The summed E-state index contributed by atoms with van der Waals surface area (Å²) >= 11 is 0. The molecule has 0 aliphatic rings. The highest BCUT2D eigenvalue weighted by Crippen LogP contribution is 2.15. The molecule has 3 atom stereocenters. The Morgan fingerprint density at radius 3 is 2.04 bits per heavy atom. The van der Waals surface area contributed by atoms with Gasteiger partial charge in [0.1, 0.15) is 0 Å². The van der Waals surface area contributed by atoms with Gasteiger partial charge in [-0.15, -0.1) is 6.58 Å². The first-order chi connectivity index (χ1) is 11.5. The smallest absolute Gasteiger partial charge is 0.338 e. The van der Waals surface area contributed by atoms with E-state index in [1.54, 1.807) is 6.08 Å². The van der Waals surface area contributed by atoms with Crippen molar-refractivity contribution in [2.24, 2.45) is 0 Å². The predicted octanol–water partition coefficient (Wildman–Crippen LogP) is 2.77.